The summed E-state index contributed by atoms with van der Waals surface area (Å²) in [6, 6.07) is 25.5. The highest BCUT2D eigenvalue weighted by Gasteiger charge is 2.14. The Morgan fingerprint density at radius 1 is 1.00 bits per heavy atom. The first-order chi connectivity index (χ1) is 14.6. The molecule has 1 aromatic heterocycles. The standard InChI is InChI=1S/C24H20ClN3OS/c1-17-20(25)13-8-14-21(17)26-23(29)16-30-24-27-22(18-9-4-2-5-10-18)15-28(24)19-11-6-3-7-12-19/h2-15H,16H2,1H3,(H,26,29). The van der Waals surface area contributed by atoms with E-state index in [0.29, 0.717) is 5.02 Å². The van der Waals surface area contributed by atoms with Crippen LogP contribution in [0.15, 0.2) is 90.2 Å². The molecule has 0 aliphatic heterocycles. The van der Waals surface area contributed by atoms with E-state index in [1.165, 1.54) is 11.8 Å². The van der Waals surface area contributed by atoms with Crippen molar-refractivity contribution in [2.75, 3.05) is 11.1 Å². The third kappa shape index (κ3) is 4.58. The topological polar surface area (TPSA) is 46.9 Å². The Bertz CT molecular complexity index is 1160. The predicted molar refractivity (Wildman–Crippen MR) is 125 cm³/mol. The summed E-state index contributed by atoms with van der Waals surface area (Å²) in [5.41, 5.74) is 4.49. The van der Waals surface area contributed by atoms with Gasteiger partial charge < -0.3 is 5.32 Å². The molecule has 30 heavy (non-hydrogen) atoms. The molecule has 0 radical (unpaired) electrons. The van der Waals surface area contributed by atoms with Crippen LogP contribution in [0, 0.1) is 6.92 Å². The minimum atomic E-state index is -0.103. The average Bonchev–Trinajstić information content (AvgIpc) is 3.21. The van der Waals surface area contributed by atoms with Gasteiger partial charge in [0.15, 0.2) is 5.16 Å². The Kier molecular flexibility index (Phi) is 6.21. The van der Waals surface area contributed by atoms with Crippen LogP contribution in [-0.2, 0) is 4.79 Å². The van der Waals surface area contributed by atoms with E-state index in [1.54, 1.807) is 0 Å². The van der Waals surface area contributed by atoms with Crippen molar-refractivity contribution in [2.45, 2.75) is 12.1 Å². The largest absolute Gasteiger partial charge is 0.325 e. The first kappa shape index (κ1) is 20.3. The number of hydrogen-bond acceptors (Lipinski definition) is 3. The van der Waals surface area contributed by atoms with Gasteiger partial charge >= 0.3 is 0 Å². The monoisotopic (exact) mass is 433 g/mol. The van der Waals surface area contributed by atoms with E-state index < -0.39 is 0 Å². The number of halogens is 1. The minimum Gasteiger partial charge on any atom is -0.325 e. The quantitative estimate of drug-likeness (QED) is 0.366. The molecule has 0 aliphatic carbocycles. The lowest BCUT2D eigenvalue weighted by Crippen LogP contribution is -2.15. The number of amides is 1. The maximum atomic E-state index is 12.6. The molecule has 1 heterocycles. The predicted octanol–water partition coefficient (Wildman–Crippen LogP) is 6.23. The second-order valence-corrected chi connectivity index (χ2v) is 8.08. The molecular weight excluding hydrogens is 414 g/mol. The number of nitrogens with zero attached hydrogens (tertiary/aromatic N) is 2. The van der Waals surface area contributed by atoms with Crippen molar-refractivity contribution in [3.8, 4) is 16.9 Å². The van der Waals surface area contributed by atoms with E-state index >= 15 is 0 Å². The van der Waals surface area contributed by atoms with E-state index in [4.69, 9.17) is 16.6 Å². The summed E-state index contributed by atoms with van der Waals surface area (Å²) in [6.07, 6.45) is 2.01. The number of nitrogens with one attached hydrogen (secondary N) is 1. The van der Waals surface area contributed by atoms with Crippen LogP contribution in [0.3, 0.4) is 0 Å². The number of anilines is 1. The number of hydrogen-bond donors (Lipinski definition) is 1. The molecule has 0 aliphatic rings. The highest BCUT2D eigenvalue weighted by Crippen LogP contribution is 2.28. The zero-order valence-electron chi connectivity index (χ0n) is 16.4. The smallest absolute Gasteiger partial charge is 0.234 e. The molecule has 4 aromatic rings. The first-order valence-corrected chi connectivity index (χ1v) is 10.9. The summed E-state index contributed by atoms with van der Waals surface area (Å²) in [6.45, 7) is 1.89. The Balaban J connectivity index is 1.56. The third-order valence-electron chi connectivity index (χ3n) is 4.65. The molecule has 0 saturated carbocycles. The second kappa shape index (κ2) is 9.20. The fourth-order valence-corrected chi connectivity index (χ4v) is 4.01. The van der Waals surface area contributed by atoms with E-state index in [0.717, 1.165) is 33.4 Å². The van der Waals surface area contributed by atoms with E-state index in [-0.39, 0.29) is 11.7 Å². The number of carbonyl (C=O) groups is 1. The van der Waals surface area contributed by atoms with Crippen molar-refractivity contribution in [1.29, 1.82) is 0 Å². The maximum absolute atomic E-state index is 12.6. The van der Waals surface area contributed by atoms with Gasteiger partial charge in [0.25, 0.3) is 0 Å². The van der Waals surface area contributed by atoms with Gasteiger partial charge in [0.2, 0.25) is 5.91 Å². The fourth-order valence-electron chi connectivity index (χ4n) is 3.05. The lowest BCUT2D eigenvalue weighted by molar-refractivity contribution is -0.113. The molecule has 150 valence electrons. The van der Waals surface area contributed by atoms with Gasteiger partial charge in [0.1, 0.15) is 0 Å². The van der Waals surface area contributed by atoms with Gasteiger partial charge in [-0.2, -0.15) is 0 Å². The van der Waals surface area contributed by atoms with Gasteiger partial charge in [-0.15, -0.1) is 0 Å². The molecule has 4 rings (SSSR count). The summed E-state index contributed by atoms with van der Waals surface area (Å²) in [7, 11) is 0. The van der Waals surface area contributed by atoms with Crippen molar-refractivity contribution < 1.29 is 4.79 Å². The van der Waals surface area contributed by atoms with Crippen molar-refractivity contribution in [2.24, 2.45) is 0 Å². The van der Waals surface area contributed by atoms with Crippen molar-refractivity contribution >= 4 is 35.0 Å². The Hall–Kier alpha value is -3.02. The van der Waals surface area contributed by atoms with Crippen LogP contribution < -0.4 is 5.32 Å². The van der Waals surface area contributed by atoms with Crippen LogP contribution in [0.2, 0.25) is 5.02 Å². The molecule has 0 unspecified atom stereocenters. The Morgan fingerprint density at radius 2 is 1.70 bits per heavy atom. The third-order valence-corrected chi connectivity index (χ3v) is 6.01. The Morgan fingerprint density at radius 3 is 2.43 bits per heavy atom. The molecule has 1 amide bonds. The zero-order chi connectivity index (χ0) is 20.9. The van der Waals surface area contributed by atoms with E-state index in [1.807, 2.05) is 96.6 Å². The van der Waals surface area contributed by atoms with E-state index in [2.05, 4.69) is 5.32 Å². The molecule has 0 spiro atoms. The minimum absolute atomic E-state index is 0.103. The first-order valence-electron chi connectivity index (χ1n) is 9.50. The summed E-state index contributed by atoms with van der Waals surface area (Å²) in [5, 5.41) is 4.33. The Labute approximate surface area is 184 Å². The van der Waals surface area contributed by atoms with Gasteiger partial charge in [-0.05, 0) is 36.8 Å². The number of imidazole rings is 1. The lowest BCUT2D eigenvalue weighted by Gasteiger charge is -2.10. The van der Waals surface area contributed by atoms with Gasteiger partial charge in [-0.1, -0.05) is 78.0 Å². The fraction of sp³-hybridized carbons (Fsp3) is 0.0833. The number of para-hydroxylation sites is 1. The molecule has 4 nitrogen and oxygen atoms in total. The molecule has 0 fully saturated rings. The summed E-state index contributed by atoms with van der Waals surface area (Å²) < 4.78 is 2.02. The highest BCUT2D eigenvalue weighted by molar-refractivity contribution is 7.99. The number of carbonyl (C=O) groups excluding carboxylic acids is 1. The van der Waals surface area contributed by atoms with Crippen LogP contribution in [0.4, 0.5) is 5.69 Å². The van der Waals surface area contributed by atoms with Gasteiger partial charge in [-0.3, -0.25) is 9.36 Å². The molecule has 3 aromatic carbocycles. The zero-order valence-corrected chi connectivity index (χ0v) is 18.0. The summed E-state index contributed by atoms with van der Waals surface area (Å²) >= 11 is 7.55. The second-order valence-electron chi connectivity index (χ2n) is 6.73. The molecular formula is C24H20ClN3OS. The number of thioether (sulfide) groups is 1. The van der Waals surface area contributed by atoms with Gasteiger partial charge in [-0.25, -0.2) is 4.98 Å². The SMILES string of the molecule is Cc1c(Cl)cccc1NC(=O)CSc1nc(-c2ccccc2)cn1-c1ccccc1. The number of aromatic nitrogens is 2. The number of benzene rings is 3. The van der Waals surface area contributed by atoms with E-state index in [9.17, 15) is 4.79 Å². The van der Waals surface area contributed by atoms with Crippen molar-refractivity contribution in [1.82, 2.24) is 9.55 Å². The summed E-state index contributed by atoms with van der Waals surface area (Å²) in [5.74, 6) is 0.138. The van der Waals surface area contributed by atoms with Crippen LogP contribution in [0.1, 0.15) is 5.56 Å². The molecule has 0 atom stereocenters. The van der Waals surface area contributed by atoms with Crippen LogP contribution in [0.5, 0.6) is 0 Å². The number of rotatable bonds is 6. The van der Waals surface area contributed by atoms with Crippen LogP contribution in [-0.4, -0.2) is 21.2 Å². The molecule has 1 N–H and O–H groups in total. The highest BCUT2D eigenvalue weighted by atomic mass is 35.5. The normalized spacial score (nSPS) is 10.7. The van der Waals surface area contributed by atoms with Crippen LogP contribution >= 0.6 is 23.4 Å². The maximum Gasteiger partial charge on any atom is 0.234 e. The average molecular weight is 434 g/mol. The lowest BCUT2D eigenvalue weighted by atomic mass is 10.2. The van der Waals surface area contributed by atoms with Crippen molar-refractivity contribution in [3.05, 3.63) is 95.6 Å². The van der Waals surface area contributed by atoms with Gasteiger partial charge in [0, 0.05) is 28.2 Å². The van der Waals surface area contributed by atoms with Gasteiger partial charge in [0.05, 0.1) is 11.4 Å². The summed E-state index contributed by atoms with van der Waals surface area (Å²) in [4.78, 5) is 17.4. The molecule has 6 heteroatoms. The molecule has 0 bridgehead atoms. The van der Waals surface area contributed by atoms with Crippen LogP contribution in [0.25, 0.3) is 16.9 Å². The van der Waals surface area contributed by atoms with Crippen molar-refractivity contribution in [3.63, 3.8) is 0 Å². The molecule has 0 saturated heterocycles.